The molecule has 17 heavy (non-hydrogen) atoms. The number of hydrogen-bond donors (Lipinski definition) is 1. The van der Waals surface area contributed by atoms with Crippen LogP contribution < -0.4 is 0 Å². The van der Waals surface area contributed by atoms with Gasteiger partial charge in [-0.25, -0.2) is 12.8 Å². The van der Waals surface area contributed by atoms with Crippen LogP contribution in [0.5, 0.6) is 0 Å². The van der Waals surface area contributed by atoms with Gasteiger partial charge >= 0.3 is 0 Å². The standard InChI is InChI=1S/C10H11BrFNO3S/c1-10(14)5-13(6-10)17(15,16)9-3-2-7(12)4-8(9)11/h2-4,14H,5-6H2,1H3. The van der Waals surface area contributed by atoms with E-state index in [2.05, 4.69) is 15.9 Å². The van der Waals surface area contributed by atoms with Gasteiger partial charge in [0, 0.05) is 17.6 Å². The highest BCUT2D eigenvalue weighted by Gasteiger charge is 2.44. The highest BCUT2D eigenvalue weighted by Crippen LogP contribution is 2.31. The molecular formula is C10H11BrFNO3S. The third kappa shape index (κ3) is 2.37. The first kappa shape index (κ1) is 12.9. The number of nitrogens with zero attached hydrogens (tertiary/aromatic N) is 1. The van der Waals surface area contributed by atoms with E-state index in [1.165, 1.54) is 6.07 Å². The minimum Gasteiger partial charge on any atom is -0.387 e. The molecule has 0 atom stereocenters. The minimum atomic E-state index is -3.66. The molecule has 7 heteroatoms. The number of sulfonamides is 1. The summed E-state index contributed by atoms with van der Waals surface area (Å²) in [4.78, 5) is 0.00870. The molecule has 0 amide bonds. The Kier molecular flexibility index (Phi) is 3.05. The van der Waals surface area contributed by atoms with Crippen molar-refractivity contribution in [2.24, 2.45) is 0 Å². The fourth-order valence-corrected chi connectivity index (χ4v) is 4.39. The second-order valence-corrected chi connectivity index (χ2v) is 7.11. The second-order valence-electron chi connectivity index (χ2n) is 4.34. The molecule has 0 saturated carbocycles. The molecule has 0 radical (unpaired) electrons. The third-order valence-electron chi connectivity index (χ3n) is 2.55. The van der Waals surface area contributed by atoms with Crippen LogP contribution in [0.4, 0.5) is 4.39 Å². The summed E-state index contributed by atoms with van der Waals surface area (Å²) in [6.07, 6.45) is 0. The number of β-amino-alcohol motifs (C(OH)–C–C–N with tert-alkyl or cyclic N) is 1. The molecule has 1 aliphatic rings. The van der Waals surface area contributed by atoms with Crippen LogP contribution in [-0.4, -0.2) is 36.5 Å². The van der Waals surface area contributed by atoms with Gasteiger partial charge in [-0.1, -0.05) is 0 Å². The number of benzene rings is 1. The fraction of sp³-hybridized carbons (Fsp3) is 0.400. The summed E-state index contributed by atoms with van der Waals surface area (Å²) in [5.74, 6) is -0.508. The smallest absolute Gasteiger partial charge is 0.244 e. The predicted octanol–water partition coefficient (Wildman–Crippen LogP) is 1.34. The molecule has 0 unspecified atom stereocenters. The quantitative estimate of drug-likeness (QED) is 0.893. The van der Waals surface area contributed by atoms with Gasteiger partial charge in [0.05, 0.1) is 10.5 Å². The summed E-state index contributed by atoms with van der Waals surface area (Å²) in [6.45, 7) is 1.68. The third-order valence-corrected chi connectivity index (χ3v) is 5.31. The van der Waals surface area contributed by atoms with E-state index in [9.17, 15) is 17.9 Å². The lowest BCUT2D eigenvalue weighted by atomic mass is 10.0. The van der Waals surface area contributed by atoms with Gasteiger partial charge in [-0.15, -0.1) is 0 Å². The number of aliphatic hydroxyl groups is 1. The predicted molar refractivity (Wildman–Crippen MR) is 63.5 cm³/mol. The van der Waals surface area contributed by atoms with Gasteiger partial charge in [0.25, 0.3) is 0 Å². The van der Waals surface area contributed by atoms with E-state index in [-0.39, 0.29) is 22.5 Å². The molecule has 1 aromatic rings. The molecule has 2 rings (SSSR count). The van der Waals surface area contributed by atoms with Crippen LogP contribution in [0.1, 0.15) is 6.92 Å². The monoisotopic (exact) mass is 323 g/mol. The first-order valence-corrected chi connectivity index (χ1v) is 7.13. The van der Waals surface area contributed by atoms with Crippen molar-refractivity contribution in [1.82, 2.24) is 4.31 Å². The van der Waals surface area contributed by atoms with Crippen molar-refractivity contribution in [1.29, 1.82) is 0 Å². The van der Waals surface area contributed by atoms with Crippen molar-refractivity contribution >= 4 is 26.0 Å². The Bertz CT molecular complexity index is 551. The number of rotatable bonds is 2. The fourth-order valence-electron chi connectivity index (χ4n) is 1.71. The number of hydrogen-bond acceptors (Lipinski definition) is 3. The zero-order valence-electron chi connectivity index (χ0n) is 9.02. The lowest BCUT2D eigenvalue weighted by Gasteiger charge is -2.42. The Morgan fingerprint density at radius 2 is 2.06 bits per heavy atom. The van der Waals surface area contributed by atoms with Crippen LogP contribution in [0.2, 0.25) is 0 Å². The van der Waals surface area contributed by atoms with Crippen LogP contribution in [0, 0.1) is 5.82 Å². The van der Waals surface area contributed by atoms with Crippen LogP contribution in [0.3, 0.4) is 0 Å². The largest absolute Gasteiger partial charge is 0.387 e. The molecule has 4 nitrogen and oxygen atoms in total. The summed E-state index contributed by atoms with van der Waals surface area (Å²) in [5, 5.41) is 9.53. The molecule has 94 valence electrons. The highest BCUT2D eigenvalue weighted by atomic mass is 79.9. The molecule has 1 heterocycles. The van der Waals surface area contributed by atoms with Gasteiger partial charge in [-0.05, 0) is 41.1 Å². The maximum absolute atomic E-state index is 12.9. The first-order chi connectivity index (χ1) is 7.72. The van der Waals surface area contributed by atoms with Gasteiger partial charge in [-0.3, -0.25) is 0 Å². The molecule has 1 N–H and O–H groups in total. The Balaban J connectivity index is 2.34. The second kappa shape index (κ2) is 4.01. The zero-order valence-corrected chi connectivity index (χ0v) is 11.4. The van der Waals surface area contributed by atoms with Gasteiger partial charge in [0.2, 0.25) is 10.0 Å². The van der Waals surface area contributed by atoms with Gasteiger partial charge < -0.3 is 5.11 Å². The summed E-state index contributed by atoms with van der Waals surface area (Å²) in [5.41, 5.74) is -0.973. The molecule has 1 aromatic carbocycles. The maximum atomic E-state index is 12.9. The van der Waals surface area contributed by atoms with E-state index in [0.29, 0.717) is 0 Å². The molecule has 0 aliphatic carbocycles. The van der Waals surface area contributed by atoms with Gasteiger partial charge in [0.15, 0.2) is 0 Å². The lowest BCUT2D eigenvalue weighted by Crippen LogP contribution is -2.61. The average Bonchev–Trinajstić information content (AvgIpc) is 2.13. The van der Waals surface area contributed by atoms with E-state index in [1.807, 2.05) is 0 Å². The Morgan fingerprint density at radius 1 is 1.47 bits per heavy atom. The highest BCUT2D eigenvalue weighted by molar-refractivity contribution is 9.10. The topological polar surface area (TPSA) is 57.6 Å². The van der Waals surface area contributed by atoms with Gasteiger partial charge in [-0.2, -0.15) is 4.31 Å². The van der Waals surface area contributed by atoms with Gasteiger partial charge in [0.1, 0.15) is 5.82 Å². The lowest BCUT2D eigenvalue weighted by molar-refractivity contribution is -0.0426. The van der Waals surface area contributed by atoms with Crippen LogP contribution in [-0.2, 0) is 10.0 Å². The Labute approximate surface area is 107 Å². The van der Waals surface area contributed by atoms with Crippen molar-refractivity contribution in [3.63, 3.8) is 0 Å². The van der Waals surface area contributed by atoms with Crippen molar-refractivity contribution in [2.75, 3.05) is 13.1 Å². The molecule has 1 saturated heterocycles. The molecular weight excluding hydrogens is 313 g/mol. The molecule has 0 bridgehead atoms. The maximum Gasteiger partial charge on any atom is 0.244 e. The van der Waals surface area contributed by atoms with E-state index in [4.69, 9.17) is 0 Å². The van der Waals surface area contributed by atoms with Crippen molar-refractivity contribution in [3.05, 3.63) is 28.5 Å². The van der Waals surface area contributed by atoms with E-state index >= 15 is 0 Å². The normalized spacial score (nSPS) is 20.0. The van der Waals surface area contributed by atoms with E-state index in [1.54, 1.807) is 6.92 Å². The molecule has 1 fully saturated rings. The summed E-state index contributed by atoms with van der Waals surface area (Å²) in [6, 6.07) is 3.40. The van der Waals surface area contributed by atoms with Crippen molar-refractivity contribution < 1.29 is 17.9 Å². The minimum absolute atomic E-state index is 0.00870. The summed E-state index contributed by atoms with van der Waals surface area (Å²) >= 11 is 3.02. The average molecular weight is 324 g/mol. The van der Waals surface area contributed by atoms with Crippen LogP contribution in [0.15, 0.2) is 27.6 Å². The van der Waals surface area contributed by atoms with E-state index in [0.717, 1.165) is 16.4 Å². The summed E-state index contributed by atoms with van der Waals surface area (Å²) in [7, 11) is -3.66. The molecule has 1 aliphatic heterocycles. The van der Waals surface area contributed by atoms with Crippen molar-refractivity contribution in [2.45, 2.75) is 17.4 Å². The Hall–Kier alpha value is -0.500. The first-order valence-electron chi connectivity index (χ1n) is 4.90. The number of halogens is 2. The Morgan fingerprint density at radius 3 is 2.53 bits per heavy atom. The summed E-state index contributed by atoms with van der Waals surface area (Å²) < 4.78 is 38.4. The molecule has 0 spiro atoms. The van der Waals surface area contributed by atoms with E-state index < -0.39 is 21.4 Å². The SMILES string of the molecule is CC1(O)CN(S(=O)(=O)c2ccc(F)cc2Br)C1. The molecule has 0 aromatic heterocycles. The van der Waals surface area contributed by atoms with Crippen LogP contribution >= 0.6 is 15.9 Å². The van der Waals surface area contributed by atoms with Crippen LogP contribution in [0.25, 0.3) is 0 Å². The van der Waals surface area contributed by atoms with Crippen molar-refractivity contribution in [3.8, 4) is 0 Å². The zero-order chi connectivity index (χ0) is 12.8.